The van der Waals surface area contributed by atoms with E-state index in [2.05, 4.69) is 5.32 Å². The fraction of sp³-hybridized carbons (Fsp3) is 0.625. The molecular weight excluding hydrogens is 284 g/mol. The molecule has 0 saturated heterocycles. The van der Waals surface area contributed by atoms with Crippen LogP contribution in [0.5, 0.6) is 0 Å². The van der Waals surface area contributed by atoms with Crippen LogP contribution in [0.2, 0.25) is 0 Å². The number of hydrogen-bond donors (Lipinski definition) is 1. The number of rotatable bonds is 5. The Morgan fingerprint density at radius 1 is 1.33 bits per heavy atom. The van der Waals surface area contributed by atoms with E-state index in [0.717, 1.165) is 12.8 Å². The van der Waals surface area contributed by atoms with Gasteiger partial charge in [0.15, 0.2) is 0 Å². The molecule has 1 aromatic heterocycles. The first kappa shape index (κ1) is 16.0. The lowest BCUT2D eigenvalue weighted by Gasteiger charge is -2.30. The van der Waals surface area contributed by atoms with Crippen molar-refractivity contribution in [3.8, 4) is 0 Å². The van der Waals surface area contributed by atoms with Gasteiger partial charge in [0, 0.05) is 13.1 Å². The topological polar surface area (TPSA) is 49.4 Å². The van der Waals surface area contributed by atoms with Gasteiger partial charge in [-0.2, -0.15) is 0 Å². The Labute approximate surface area is 130 Å². The van der Waals surface area contributed by atoms with Crippen LogP contribution in [0.15, 0.2) is 17.5 Å². The third kappa shape index (κ3) is 3.84. The van der Waals surface area contributed by atoms with Crippen LogP contribution < -0.4 is 5.32 Å². The minimum absolute atomic E-state index is 0.0295. The number of hydrogen-bond acceptors (Lipinski definition) is 3. The molecule has 1 saturated carbocycles. The molecule has 1 fully saturated rings. The number of nitrogens with zero attached hydrogens (tertiary/aromatic N) is 1. The summed E-state index contributed by atoms with van der Waals surface area (Å²) in [6, 6.07) is 3.50. The Morgan fingerprint density at radius 3 is 2.52 bits per heavy atom. The molecular formula is C16H24N2O2S. The van der Waals surface area contributed by atoms with E-state index in [1.807, 2.05) is 37.2 Å². The van der Waals surface area contributed by atoms with E-state index in [0.29, 0.717) is 10.9 Å². The molecule has 0 radical (unpaired) electrons. The van der Waals surface area contributed by atoms with Gasteiger partial charge in [0.25, 0.3) is 5.91 Å². The minimum Gasteiger partial charge on any atom is -0.341 e. The van der Waals surface area contributed by atoms with Crippen molar-refractivity contribution in [1.29, 1.82) is 0 Å². The fourth-order valence-electron chi connectivity index (χ4n) is 2.82. The Kier molecular flexibility index (Phi) is 5.39. The lowest BCUT2D eigenvalue weighted by atomic mass is 10.0. The highest BCUT2D eigenvalue weighted by Crippen LogP contribution is 2.23. The van der Waals surface area contributed by atoms with E-state index < -0.39 is 6.04 Å². The van der Waals surface area contributed by atoms with Crippen molar-refractivity contribution in [2.24, 2.45) is 5.92 Å². The van der Waals surface area contributed by atoms with E-state index in [9.17, 15) is 9.59 Å². The molecule has 2 rings (SSSR count). The standard InChI is InChI=1S/C16H24N2O2S/c1-11(2)14(17-15(19)13-9-6-10-21-13)16(20)18(3)12-7-4-5-8-12/h6,9-12,14H,4-5,7-8H2,1-3H3,(H,17,19). The zero-order chi connectivity index (χ0) is 15.4. The SMILES string of the molecule is CC(C)C(NC(=O)c1cccs1)C(=O)N(C)C1CCCC1. The average molecular weight is 308 g/mol. The second-order valence-electron chi connectivity index (χ2n) is 6.06. The predicted molar refractivity (Wildman–Crippen MR) is 85.4 cm³/mol. The Morgan fingerprint density at radius 2 is 2.00 bits per heavy atom. The largest absolute Gasteiger partial charge is 0.341 e. The van der Waals surface area contributed by atoms with Crippen LogP contribution in [-0.2, 0) is 4.79 Å². The Hall–Kier alpha value is -1.36. The molecule has 1 atom stereocenters. The zero-order valence-electron chi connectivity index (χ0n) is 13.0. The quantitative estimate of drug-likeness (QED) is 0.909. The van der Waals surface area contributed by atoms with E-state index >= 15 is 0 Å². The van der Waals surface area contributed by atoms with Gasteiger partial charge in [-0.15, -0.1) is 11.3 Å². The summed E-state index contributed by atoms with van der Waals surface area (Å²) in [5, 5.41) is 4.77. The summed E-state index contributed by atoms with van der Waals surface area (Å²) in [5.41, 5.74) is 0. The lowest BCUT2D eigenvalue weighted by Crippen LogP contribution is -2.52. The molecule has 116 valence electrons. The zero-order valence-corrected chi connectivity index (χ0v) is 13.8. The van der Waals surface area contributed by atoms with Crippen molar-refractivity contribution in [3.05, 3.63) is 22.4 Å². The Bertz CT molecular complexity index is 478. The van der Waals surface area contributed by atoms with Crippen LogP contribution in [0.4, 0.5) is 0 Å². The lowest BCUT2D eigenvalue weighted by molar-refractivity contribution is -0.135. The molecule has 0 aliphatic heterocycles. The van der Waals surface area contributed by atoms with Crippen LogP contribution in [0.25, 0.3) is 0 Å². The molecule has 0 bridgehead atoms. The number of carbonyl (C=O) groups is 2. The Balaban J connectivity index is 2.03. The van der Waals surface area contributed by atoms with Gasteiger partial charge in [-0.3, -0.25) is 9.59 Å². The highest BCUT2D eigenvalue weighted by molar-refractivity contribution is 7.12. The van der Waals surface area contributed by atoms with Crippen LogP contribution in [-0.4, -0.2) is 35.8 Å². The first-order valence-electron chi connectivity index (χ1n) is 7.61. The molecule has 0 aromatic carbocycles. The number of amides is 2. The number of thiophene rings is 1. The fourth-order valence-corrected chi connectivity index (χ4v) is 3.45. The van der Waals surface area contributed by atoms with Gasteiger partial charge in [0.2, 0.25) is 5.91 Å². The maximum atomic E-state index is 12.7. The third-order valence-electron chi connectivity index (χ3n) is 4.18. The van der Waals surface area contributed by atoms with Crippen molar-refractivity contribution in [2.45, 2.75) is 51.6 Å². The van der Waals surface area contributed by atoms with Crippen molar-refractivity contribution >= 4 is 23.2 Å². The molecule has 1 heterocycles. The molecule has 0 spiro atoms. The van der Waals surface area contributed by atoms with E-state index in [-0.39, 0.29) is 17.7 Å². The second-order valence-corrected chi connectivity index (χ2v) is 7.01. The molecule has 4 nitrogen and oxygen atoms in total. The number of nitrogens with one attached hydrogen (secondary N) is 1. The molecule has 1 unspecified atom stereocenters. The van der Waals surface area contributed by atoms with Gasteiger partial charge >= 0.3 is 0 Å². The van der Waals surface area contributed by atoms with Crippen LogP contribution in [0.1, 0.15) is 49.2 Å². The molecule has 1 N–H and O–H groups in total. The smallest absolute Gasteiger partial charge is 0.262 e. The van der Waals surface area contributed by atoms with E-state index in [4.69, 9.17) is 0 Å². The van der Waals surface area contributed by atoms with E-state index in [1.54, 1.807) is 6.07 Å². The maximum absolute atomic E-state index is 12.7. The summed E-state index contributed by atoms with van der Waals surface area (Å²) in [7, 11) is 1.87. The third-order valence-corrected chi connectivity index (χ3v) is 5.05. The van der Waals surface area contributed by atoms with Crippen LogP contribution in [0.3, 0.4) is 0 Å². The summed E-state index contributed by atoms with van der Waals surface area (Å²) in [5.74, 6) is -0.0519. The normalized spacial score (nSPS) is 17.0. The summed E-state index contributed by atoms with van der Waals surface area (Å²) in [6.45, 7) is 3.94. The highest BCUT2D eigenvalue weighted by Gasteiger charge is 2.31. The van der Waals surface area contributed by atoms with Gasteiger partial charge in [-0.1, -0.05) is 32.8 Å². The van der Waals surface area contributed by atoms with Crippen LogP contribution in [0, 0.1) is 5.92 Å². The number of likely N-dealkylation sites (N-methyl/N-ethyl adjacent to an activating group) is 1. The number of carbonyl (C=O) groups excluding carboxylic acids is 2. The first-order valence-corrected chi connectivity index (χ1v) is 8.49. The molecule has 1 aliphatic rings. The van der Waals surface area contributed by atoms with Gasteiger partial charge < -0.3 is 10.2 Å². The predicted octanol–water partition coefficient (Wildman–Crippen LogP) is 2.90. The van der Waals surface area contributed by atoms with Gasteiger partial charge in [0.1, 0.15) is 6.04 Å². The molecule has 1 aromatic rings. The van der Waals surface area contributed by atoms with Crippen molar-refractivity contribution in [1.82, 2.24) is 10.2 Å². The molecule has 2 amide bonds. The summed E-state index contributed by atoms with van der Waals surface area (Å²) in [4.78, 5) is 27.4. The minimum atomic E-state index is -0.454. The summed E-state index contributed by atoms with van der Waals surface area (Å²) in [6.07, 6.45) is 4.53. The molecule has 1 aliphatic carbocycles. The monoisotopic (exact) mass is 308 g/mol. The second kappa shape index (κ2) is 7.07. The van der Waals surface area contributed by atoms with Gasteiger partial charge in [-0.25, -0.2) is 0 Å². The summed E-state index contributed by atoms with van der Waals surface area (Å²) >= 11 is 1.39. The van der Waals surface area contributed by atoms with Gasteiger partial charge in [0.05, 0.1) is 4.88 Å². The molecule has 21 heavy (non-hydrogen) atoms. The van der Waals surface area contributed by atoms with Gasteiger partial charge in [-0.05, 0) is 30.2 Å². The molecule has 5 heteroatoms. The summed E-state index contributed by atoms with van der Waals surface area (Å²) < 4.78 is 0. The van der Waals surface area contributed by atoms with E-state index in [1.165, 1.54) is 24.2 Å². The average Bonchev–Trinajstić information content (AvgIpc) is 3.14. The van der Waals surface area contributed by atoms with Crippen molar-refractivity contribution in [2.75, 3.05) is 7.05 Å². The highest BCUT2D eigenvalue weighted by atomic mass is 32.1. The maximum Gasteiger partial charge on any atom is 0.262 e. The van der Waals surface area contributed by atoms with Crippen LogP contribution >= 0.6 is 11.3 Å². The van der Waals surface area contributed by atoms with Crippen molar-refractivity contribution in [3.63, 3.8) is 0 Å². The van der Waals surface area contributed by atoms with Crippen molar-refractivity contribution < 1.29 is 9.59 Å². The first-order chi connectivity index (χ1) is 10.0.